The highest BCUT2D eigenvalue weighted by molar-refractivity contribution is 7.07. The van der Waals surface area contributed by atoms with E-state index in [9.17, 15) is 0 Å². The third-order valence-electron chi connectivity index (χ3n) is 2.35. The van der Waals surface area contributed by atoms with E-state index in [0.29, 0.717) is 0 Å². The van der Waals surface area contributed by atoms with Crippen LogP contribution < -0.4 is 16.0 Å². The van der Waals surface area contributed by atoms with Gasteiger partial charge >= 0.3 is 0 Å². The van der Waals surface area contributed by atoms with E-state index >= 15 is 0 Å². The fraction of sp³-hybridized carbons (Fsp3) is 0.333. The Morgan fingerprint density at radius 3 is 2.83 bits per heavy atom. The molecule has 0 bridgehead atoms. The van der Waals surface area contributed by atoms with Crippen LogP contribution in [0.4, 0.5) is 0 Å². The molecule has 0 aliphatic heterocycles. The van der Waals surface area contributed by atoms with Gasteiger partial charge in [0.1, 0.15) is 5.75 Å². The molecule has 2 rings (SSSR count). The van der Waals surface area contributed by atoms with Crippen molar-refractivity contribution in [1.82, 2.24) is 15.4 Å². The number of nitrogens with zero attached hydrogens (tertiary/aromatic N) is 2. The lowest BCUT2D eigenvalue weighted by molar-refractivity contribution is 0.241. The third-order valence-corrected chi connectivity index (χ3v) is 2.96. The van der Waals surface area contributed by atoms with Gasteiger partial charge in [-0.05, 0) is 25.5 Å². The summed E-state index contributed by atoms with van der Waals surface area (Å²) in [6.45, 7) is 3.96. The van der Waals surface area contributed by atoms with E-state index < -0.39 is 0 Å². The van der Waals surface area contributed by atoms with Gasteiger partial charge in [-0.15, -0.1) is 11.3 Å². The first-order chi connectivity index (χ1) is 8.70. The second-order valence-electron chi connectivity index (χ2n) is 4.13. The number of nitrogens with two attached hydrogens (primary N) is 1. The number of hydrogen-bond acceptors (Lipinski definition) is 6. The molecular weight excluding hydrogens is 248 g/mol. The van der Waals surface area contributed by atoms with Crippen molar-refractivity contribution in [3.63, 3.8) is 0 Å². The molecular formula is C12H16N4OS. The summed E-state index contributed by atoms with van der Waals surface area (Å²) in [4.78, 5) is 8.43. The smallest absolute Gasteiger partial charge is 0.138 e. The molecule has 5 nitrogen and oxygen atoms in total. The molecule has 18 heavy (non-hydrogen) atoms. The first kappa shape index (κ1) is 12.9. The third kappa shape index (κ3) is 3.04. The van der Waals surface area contributed by atoms with Crippen LogP contribution >= 0.6 is 11.3 Å². The topological polar surface area (TPSA) is 73.1 Å². The van der Waals surface area contributed by atoms with Gasteiger partial charge in [0.15, 0.2) is 0 Å². The lowest BCUT2D eigenvalue weighted by Crippen LogP contribution is -2.29. The highest BCUT2D eigenvalue weighted by atomic mass is 32.1. The van der Waals surface area contributed by atoms with Crippen molar-refractivity contribution in [2.45, 2.75) is 26.0 Å². The maximum absolute atomic E-state index is 5.62. The first-order valence-electron chi connectivity index (χ1n) is 5.66. The molecule has 0 aliphatic rings. The zero-order valence-corrected chi connectivity index (χ0v) is 11.1. The molecule has 0 amide bonds. The molecule has 2 aromatic rings. The number of rotatable bonds is 5. The van der Waals surface area contributed by atoms with Crippen molar-refractivity contribution in [1.29, 1.82) is 0 Å². The van der Waals surface area contributed by atoms with Gasteiger partial charge in [0.25, 0.3) is 0 Å². The van der Waals surface area contributed by atoms with E-state index in [1.54, 1.807) is 17.9 Å². The molecule has 0 spiro atoms. The largest absolute Gasteiger partial charge is 0.489 e. The lowest BCUT2D eigenvalue weighted by atomic mass is 10.1. The van der Waals surface area contributed by atoms with Gasteiger partial charge in [0.05, 0.1) is 29.5 Å². The van der Waals surface area contributed by atoms with Crippen LogP contribution in [0.5, 0.6) is 5.75 Å². The van der Waals surface area contributed by atoms with Crippen molar-refractivity contribution < 1.29 is 4.74 Å². The zero-order chi connectivity index (χ0) is 13.0. The van der Waals surface area contributed by atoms with E-state index in [1.165, 1.54) is 11.3 Å². The zero-order valence-electron chi connectivity index (χ0n) is 10.3. The highest BCUT2D eigenvalue weighted by Gasteiger charge is 2.15. The predicted octanol–water partition coefficient (Wildman–Crippen LogP) is 1.88. The number of ether oxygens (including phenoxy) is 1. The minimum atomic E-state index is -0.167. The van der Waals surface area contributed by atoms with E-state index in [-0.39, 0.29) is 12.1 Å². The Bertz CT molecular complexity index is 487. The van der Waals surface area contributed by atoms with Crippen molar-refractivity contribution in [3.05, 3.63) is 40.6 Å². The Morgan fingerprint density at radius 1 is 1.39 bits per heavy atom. The van der Waals surface area contributed by atoms with Crippen molar-refractivity contribution in [2.24, 2.45) is 5.84 Å². The summed E-state index contributed by atoms with van der Waals surface area (Å²) in [7, 11) is 0. The van der Waals surface area contributed by atoms with Gasteiger partial charge in [-0.3, -0.25) is 10.8 Å². The maximum atomic E-state index is 5.62. The summed E-state index contributed by atoms with van der Waals surface area (Å²) in [6, 6.07) is 1.76. The van der Waals surface area contributed by atoms with Crippen LogP contribution in [0.1, 0.15) is 31.1 Å². The maximum Gasteiger partial charge on any atom is 0.138 e. The number of hydrazine groups is 1. The Balaban J connectivity index is 2.26. The summed E-state index contributed by atoms with van der Waals surface area (Å²) in [5.74, 6) is 6.33. The van der Waals surface area contributed by atoms with Crippen LogP contribution in [0.2, 0.25) is 0 Å². The molecule has 1 unspecified atom stereocenters. The summed E-state index contributed by atoms with van der Waals surface area (Å²) in [5, 5.41) is 1.96. The predicted molar refractivity (Wildman–Crippen MR) is 71.3 cm³/mol. The van der Waals surface area contributed by atoms with Gasteiger partial charge in [-0.25, -0.2) is 10.4 Å². The number of nitrogens with one attached hydrogen (secondary N) is 1. The van der Waals surface area contributed by atoms with Crippen LogP contribution in [0.25, 0.3) is 0 Å². The van der Waals surface area contributed by atoms with Crippen molar-refractivity contribution >= 4 is 11.3 Å². The molecule has 0 aliphatic carbocycles. The molecule has 1 atom stereocenters. The SMILES string of the molecule is CC(C)Oc1cncc(C(NN)c2cscn2)c1. The molecule has 0 saturated carbocycles. The van der Waals surface area contributed by atoms with E-state index in [0.717, 1.165) is 17.0 Å². The Hall–Kier alpha value is -1.50. The monoisotopic (exact) mass is 264 g/mol. The minimum Gasteiger partial charge on any atom is -0.489 e. The summed E-state index contributed by atoms with van der Waals surface area (Å²) >= 11 is 1.53. The molecule has 96 valence electrons. The van der Waals surface area contributed by atoms with Gasteiger partial charge in [-0.2, -0.15) is 0 Å². The second kappa shape index (κ2) is 5.90. The average molecular weight is 264 g/mol. The Labute approximate surface area is 110 Å². The van der Waals surface area contributed by atoms with Crippen LogP contribution in [0.15, 0.2) is 29.4 Å². The van der Waals surface area contributed by atoms with Crippen LogP contribution in [-0.2, 0) is 0 Å². The standard InChI is InChI=1S/C12H16N4OS/c1-8(2)17-10-3-9(4-14-5-10)12(16-13)11-6-18-7-15-11/h3-8,12,16H,13H2,1-2H3. The van der Waals surface area contributed by atoms with E-state index in [4.69, 9.17) is 10.6 Å². The van der Waals surface area contributed by atoms with Crippen LogP contribution in [0.3, 0.4) is 0 Å². The van der Waals surface area contributed by atoms with E-state index in [2.05, 4.69) is 15.4 Å². The molecule has 0 radical (unpaired) electrons. The second-order valence-corrected chi connectivity index (χ2v) is 4.85. The van der Waals surface area contributed by atoms with E-state index in [1.807, 2.05) is 25.3 Å². The molecule has 6 heteroatoms. The fourth-order valence-electron chi connectivity index (χ4n) is 1.65. The van der Waals surface area contributed by atoms with Crippen molar-refractivity contribution in [2.75, 3.05) is 0 Å². The minimum absolute atomic E-state index is 0.116. The number of hydrogen-bond donors (Lipinski definition) is 2. The summed E-state index contributed by atoms with van der Waals surface area (Å²) in [5.41, 5.74) is 6.34. The van der Waals surface area contributed by atoms with Gasteiger partial charge in [0.2, 0.25) is 0 Å². The lowest BCUT2D eigenvalue weighted by Gasteiger charge is -2.15. The van der Waals surface area contributed by atoms with Crippen molar-refractivity contribution in [3.8, 4) is 5.75 Å². The van der Waals surface area contributed by atoms with Gasteiger partial charge in [-0.1, -0.05) is 0 Å². The number of pyridine rings is 1. The fourth-order valence-corrected chi connectivity index (χ4v) is 2.23. The summed E-state index contributed by atoms with van der Waals surface area (Å²) < 4.78 is 5.62. The van der Waals surface area contributed by atoms with Gasteiger partial charge < -0.3 is 4.74 Å². The highest BCUT2D eigenvalue weighted by Crippen LogP contribution is 2.23. The Kier molecular flexibility index (Phi) is 4.24. The number of thiazole rings is 1. The summed E-state index contributed by atoms with van der Waals surface area (Å²) in [6.07, 6.45) is 3.57. The molecule has 2 aromatic heterocycles. The first-order valence-corrected chi connectivity index (χ1v) is 6.61. The molecule has 0 fully saturated rings. The van der Waals surface area contributed by atoms with Crippen LogP contribution in [-0.4, -0.2) is 16.1 Å². The molecule has 0 aromatic carbocycles. The molecule has 0 saturated heterocycles. The normalized spacial score (nSPS) is 12.7. The Morgan fingerprint density at radius 2 is 2.22 bits per heavy atom. The van der Waals surface area contributed by atoms with Gasteiger partial charge in [0, 0.05) is 11.6 Å². The average Bonchev–Trinajstić information content (AvgIpc) is 2.83. The quantitative estimate of drug-likeness (QED) is 0.637. The number of aromatic nitrogens is 2. The molecule has 3 N–H and O–H groups in total. The molecule has 2 heterocycles. The van der Waals surface area contributed by atoms with Crippen LogP contribution in [0, 0.1) is 0 Å².